The van der Waals surface area contributed by atoms with Gasteiger partial charge in [-0.2, -0.15) is 0 Å². The quantitative estimate of drug-likeness (QED) is 0.178. The summed E-state index contributed by atoms with van der Waals surface area (Å²) < 4.78 is 78.2. The number of benzene rings is 9. The topological polar surface area (TPSA) is 9.23 Å². The molecule has 9 aromatic rings. The predicted octanol–water partition coefficient (Wildman–Crippen LogP) is 14.7. The van der Waals surface area contributed by atoms with Crippen molar-refractivity contribution in [2.45, 2.75) is 19.3 Å². The normalized spacial score (nSPS) is 15.4. The van der Waals surface area contributed by atoms with Crippen LogP contribution in [0.5, 0.6) is 11.5 Å². The van der Waals surface area contributed by atoms with Crippen molar-refractivity contribution in [2.75, 3.05) is 0 Å². The molecule has 0 bridgehead atoms. The van der Waals surface area contributed by atoms with Gasteiger partial charge in [-0.3, -0.25) is 0 Å². The Morgan fingerprint density at radius 2 is 1.07 bits per heavy atom. The van der Waals surface area contributed by atoms with Crippen molar-refractivity contribution in [1.29, 1.82) is 0 Å². The summed E-state index contributed by atoms with van der Waals surface area (Å²) >= 11 is 0. The molecule has 0 N–H and O–H groups in total. The molecule has 1 heterocycles. The predicted molar refractivity (Wildman–Crippen MR) is 226 cm³/mol. The monoisotopic (exact) mass is 696 g/mol. The van der Waals surface area contributed by atoms with Crippen LogP contribution in [0.2, 0.25) is 0 Å². The standard InChI is InChI=1S/C53H36O/c1-53(2)48-32-38(20-22-43(48)46-29-35-16-9-10-17-36(35)31-49(46)53)41-27-39(33-12-5-3-6-13-33)26-40(28-41)37-21-24-50-47(30-37)45-19-11-18-44-42(34-14-7-4-8-15-34)23-25-51(54-50)52(44)45/h3-32H,1-2H3/i4D,7D,8D,14D,15D,26D,27D,28D. The van der Waals surface area contributed by atoms with E-state index in [9.17, 15) is 4.11 Å². The minimum Gasteiger partial charge on any atom is -0.456 e. The summed E-state index contributed by atoms with van der Waals surface area (Å²) in [6, 6.07) is 42.1. The van der Waals surface area contributed by atoms with Crippen LogP contribution in [-0.4, -0.2) is 0 Å². The lowest BCUT2D eigenvalue weighted by Gasteiger charge is -2.23. The summed E-state index contributed by atoms with van der Waals surface area (Å²) in [5.74, 6) is 1.15. The van der Waals surface area contributed by atoms with E-state index in [4.69, 9.17) is 11.6 Å². The summed E-state index contributed by atoms with van der Waals surface area (Å²) in [6.45, 7) is 4.46. The highest BCUT2D eigenvalue weighted by molar-refractivity contribution is 6.10. The molecule has 1 nitrogen and oxygen atoms in total. The van der Waals surface area contributed by atoms with Crippen LogP contribution in [0, 0.1) is 0 Å². The molecule has 2 aliphatic rings. The van der Waals surface area contributed by atoms with Crippen LogP contribution in [0.25, 0.3) is 88.3 Å². The second-order valence-corrected chi connectivity index (χ2v) is 14.6. The first-order chi connectivity index (χ1) is 29.8. The SMILES string of the molecule is [2H]c1c([2H])c([2H])c(-c2ccc3c4c(cccc24)-c2cc(-c4c([2H])c(-c5ccccc5)c([2H])c(-c5ccc6c(c5)C(C)(C)c5cc7ccccc7cc5-6)c4[2H])ccc2O3)c([2H])c1[2H]. The van der Waals surface area contributed by atoms with Gasteiger partial charge in [0.1, 0.15) is 11.5 Å². The molecule has 0 saturated heterocycles. The Labute approximate surface area is 327 Å². The highest BCUT2D eigenvalue weighted by atomic mass is 16.5. The Morgan fingerprint density at radius 3 is 1.87 bits per heavy atom. The van der Waals surface area contributed by atoms with Gasteiger partial charge in [-0.25, -0.2) is 0 Å². The van der Waals surface area contributed by atoms with Crippen LogP contribution in [0.15, 0.2) is 182 Å². The first kappa shape index (κ1) is 23.8. The molecule has 0 atom stereocenters. The Kier molecular flexibility index (Phi) is 5.13. The fourth-order valence-corrected chi connectivity index (χ4v) is 8.47. The van der Waals surface area contributed by atoms with Crippen LogP contribution >= 0.6 is 0 Å². The molecule has 0 amide bonds. The second kappa shape index (κ2) is 11.7. The molecule has 11 rings (SSSR count). The molecular formula is C53H36O. The zero-order valence-electron chi connectivity index (χ0n) is 37.6. The molecule has 0 radical (unpaired) electrons. The fourth-order valence-electron chi connectivity index (χ4n) is 8.47. The molecule has 0 unspecified atom stereocenters. The number of ether oxygens (including phenoxy) is 1. The first-order valence-corrected chi connectivity index (χ1v) is 18.2. The average Bonchev–Trinajstić information content (AvgIpc) is 3.49. The van der Waals surface area contributed by atoms with Crippen molar-refractivity contribution in [3.8, 4) is 78.3 Å². The van der Waals surface area contributed by atoms with Gasteiger partial charge in [-0.05, 0) is 143 Å². The summed E-state index contributed by atoms with van der Waals surface area (Å²) in [6.07, 6.45) is 0. The van der Waals surface area contributed by atoms with Gasteiger partial charge in [0, 0.05) is 16.4 Å². The van der Waals surface area contributed by atoms with Gasteiger partial charge in [0.2, 0.25) is 0 Å². The zero-order valence-corrected chi connectivity index (χ0v) is 29.6. The van der Waals surface area contributed by atoms with E-state index in [1.807, 2.05) is 72.8 Å². The van der Waals surface area contributed by atoms with Crippen LogP contribution < -0.4 is 4.74 Å². The van der Waals surface area contributed by atoms with Gasteiger partial charge >= 0.3 is 0 Å². The molecule has 254 valence electrons. The van der Waals surface area contributed by atoms with E-state index in [1.165, 1.54) is 21.9 Å². The molecule has 9 aromatic carbocycles. The Balaban J connectivity index is 1.11. The summed E-state index contributed by atoms with van der Waals surface area (Å²) in [7, 11) is 0. The van der Waals surface area contributed by atoms with Crippen LogP contribution in [0.3, 0.4) is 0 Å². The molecule has 54 heavy (non-hydrogen) atoms. The highest BCUT2D eigenvalue weighted by Crippen LogP contribution is 2.52. The number of hydrogen-bond donors (Lipinski definition) is 0. The van der Waals surface area contributed by atoms with Crippen LogP contribution in [-0.2, 0) is 5.41 Å². The lowest BCUT2D eigenvalue weighted by molar-refractivity contribution is 0.487. The third kappa shape index (κ3) is 4.72. The lowest BCUT2D eigenvalue weighted by Crippen LogP contribution is -2.15. The van der Waals surface area contributed by atoms with Gasteiger partial charge in [0.25, 0.3) is 0 Å². The molecule has 0 fully saturated rings. The minimum atomic E-state index is -0.449. The maximum atomic E-state index is 9.92. The summed E-state index contributed by atoms with van der Waals surface area (Å²) in [4.78, 5) is 0. The number of hydrogen-bond acceptors (Lipinski definition) is 1. The lowest BCUT2D eigenvalue weighted by atomic mass is 9.81. The van der Waals surface area contributed by atoms with Gasteiger partial charge in [-0.15, -0.1) is 0 Å². The van der Waals surface area contributed by atoms with E-state index < -0.39 is 18.1 Å². The van der Waals surface area contributed by atoms with E-state index in [2.05, 4.69) is 62.4 Å². The zero-order chi connectivity index (χ0) is 42.9. The maximum absolute atomic E-state index is 9.92. The van der Waals surface area contributed by atoms with Crippen LogP contribution in [0.4, 0.5) is 0 Å². The van der Waals surface area contributed by atoms with Crippen molar-refractivity contribution in [1.82, 2.24) is 0 Å². The Morgan fingerprint density at radius 1 is 0.426 bits per heavy atom. The van der Waals surface area contributed by atoms with E-state index in [-0.39, 0.29) is 41.2 Å². The molecule has 1 heteroatoms. The average molecular weight is 697 g/mol. The summed E-state index contributed by atoms with van der Waals surface area (Å²) in [5, 5.41) is 3.75. The molecule has 1 aliphatic carbocycles. The maximum Gasteiger partial charge on any atom is 0.135 e. The van der Waals surface area contributed by atoms with Gasteiger partial charge in [0.05, 0.1) is 11.0 Å². The Hall–Kier alpha value is -6.70. The Bertz CT molecular complexity index is 3420. The summed E-state index contributed by atoms with van der Waals surface area (Å²) in [5.41, 5.74) is 9.81. The highest BCUT2D eigenvalue weighted by Gasteiger charge is 2.36. The van der Waals surface area contributed by atoms with Crippen molar-refractivity contribution in [3.63, 3.8) is 0 Å². The van der Waals surface area contributed by atoms with Crippen molar-refractivity contribution in [2.24, 2.45) is 0 Å². The molecular weight excluding hydrogens is 653 g/mol. The third-order valence-electron chi connectivity index (χ3n) is 11.2. The molecule has 0 spiro atoms. The first-order valence-electron chi connectivity index (χ1n) is 22.2. The van der Waals surface area contributed by atoms with Crippen molar-refractivity contribution < 1.29 is 15.7 Å². The van der Waals surface area contributed by atoms with Gasteiger partial charge in [0.15, 0.2) is 0 Å². The van der Waals surface area contributed by atoms with Gasteiger partial charge in [-0.1, -0.05) is 141 Å². The molecule has 0 aromatic heterocycles. The second-order valence-electron chi connectivity index (χ2n) is 14.6. The van der Waals surface area contributed by atoms with E-state index in [1.54, 1.807) is 12.1 Å². The third-order valence-corrected chi connectivity index (χ3v) is 11.2. The number of rotatable bonds is 4. The van der Waals surface area contributed by atoms with Crippen LogP contribution in [0.1, 0.15) is 35.9 Å². The van der Waals surface area contributed by atoms with Crippen molar-refractivity contribution >= 4 is 21.5 Å². The molecule has 0 saturated carbocycles. The molecule has 1 aliphatic heterocycles. The van der Waals surface area contributed by atoms with Gasteiger partial charge < -0.3 is 4.74 Å². The number of fused-ring (bicyclic) bond motifs is 6. The van der Waals surface area contributed by atoms with Crippen molar-refractivity contribution in [3.05, 3.63) is 193 Å². The van der Waals surface area contributed by atoms with E-state index >= 15 is 0 Å². The van der Waals surface area contributed by atoms with E-state index in [0.717, 1.165) is 33.2 Å². The fraction of sp³-hybridized carbons (Fsp3) is 0.0566. The largest absolute Gasteiger partial charge is 0.456 e. The minimum absolute atomic E-state index is 0.0781. The van der Waals surface area contributed by atoms with E-state index in [0.29, 0.717) is 50.3 Å². The smallest absolute Gasteiger partial charge is 0.135 e.